The molecule has 0 radical (unpaired) electrons. The second kappa shape index (κ2) is 12.3. The summed E-state index contributed by atoms with van der Waals surface area (Å²) in [6.45, 7) is 0.365. The second-order valence-electron chi connectivity index (χ2n) is 7.90. The van der Waals surface area contributed by atoms with Gasteiger partial charge in [0, 0.05) is 10.6 Å². The third kappa shape index (κ3) is 7.12. The van der Waals surface area contributed by atoms with E-state index in [4.69, 9.17) is 25.3 Å². The number of carbonyl (C=O) groups excluding carboxylic acids is 1. The lowest BCUT2D eigenvalue weighted by Crippen LogP contribution is -2.17. The molecule has 0 fully saturated rings. The highest BCUT2D eigenvalue weighted by Gasteiger charge is 2.16. The van der Waals surface area contributed by atoms with E-state index in [1.54, 1.807) is 30.3 Å². The lowest BCUT2D eigenvalue weighted by Gasteiger charge is -2.12. The average Bonchev–Trinajstić information content (AvgIpc) is 2.93. The fourth-order valence-corrected chi connectivity index (χ4v) is 4.33. The first kappa shape index (κ1) is 26.7. The van der Waals surface area contributed by atoms with Crippen molar-refractivity contribution in [3.05, 3.63) is 119 Å². The zero-order valence-electron chi connectivity index (χ0n) is 20.2. The molecule has 0 heterocycles. The van der Waals surface area contributed by atoms with Crippen LogP contribution in [0.5, 0.6) is 17.2 Å². The number of hydrazone groups is 1. The molecule has 0 aliphatic heterocycles. The fraction of sp³-hybridized carbons (Fsp3) is 0.0714. The number of hydrogen-bond acceptors (Lipinski definition) is 7. The van der Waals surface area contributed by atoms with Gasteiger partial charge in [0.1, 0.15) is 17.3 Å². The van der Waals surface area contributed by atoms with E-state index in [2.05, 4.69) is 10.5 Å². The van der Waals surface area contributed by atoms with E-state index in [0.717, 1.165) is 5.56 Å². The summed E-state index contributed by atoms with van der Waals surface area (Å²) in [7, 11) is -2.50. The number of carbonyl (C=O) groups is 1. The van der Waals surface area contributed by atoms with Crippen molar-refractivity contribution in [3.8, 4) is 17.2 Å². The third-order valence-electron chi connectivity index (χ3n) is 5.23. The molecule has 194 valence electrons. The first-order valence-electron chi connectivity index (χ1n) is 11.3. The molecule has 1 amide bonds. The predicted octanol–water partition coefficient (Wildman–Crippen LogP) is 5.46. The number of rotatable bonds is 10. The summed E-state index contributed by atoms with van der Waals surface area (Å²) in [4.78, 5) is 12.5. The van der Waals surface area contributed by atoms with Gasteiger partial charge >= 0.3 is 10.1 Å². The van der Waals surface area contributed by atoms with Gasteiger partial charge in [0.25, 0.3) is 5.91 Å². The van der Waals surface area contributed by atoms with Crippen molar-refractivity contribution in [1.29, 1.82) is 0 Å². The summed E-state index contributed by atoms with van der Waals surface area (Å²) >= 11 is 5.80. The van der Waals surface area contributed by atoms with E-state index < -0.39 is 16.0 Å². The molecule has 0 spiro atoms. The second-order valence-corrected chi connectivity index (χ2v) is 9.88. The van der Waals surface area contributed by atoms with E-state index in [-0.39, 0.29) is 10.6 Å². The number of hydrogen-bond donors (Lipinski definition) is 1. The topological polar surface area (TPSA) is 103 Å². The number of ether oxygens (including phenoxy) is 2. The van der Waals surface area contributed by atoms with Gasteiger partial charge in [0.05, 0.1) is 13.3 Å². The van der Waals surface area contributed by atoms with Crippen molar-refractivity contribution in [2.75, 3.05) is 7.11 Å². The Morgan fingerprint density at radius 2 is 1.63 bits per heavy atom. The summed E-state index contributed by atoms with van der Waals surface area (Å²) in [6.07, 6.45) is 1.42. The Labute approximate surface area is 225 Å². The Bertz CT molecular complexity index is 1520. The maximum atomic E-state index is 12.5. The van der Waals surface area contributed by atoms with Crippen molar-refractivity contribution in [2.24, 2.45) is 5.10 Å². The van der Waals surface area contributed by atoms with Crippen LogP contribution in [-0.4, -0.2) is 27.6 Å². The van der Waals surface area contributed by atoms with Crippen LogP contribution in [0.2, 0.25) is 5.02 Å². The SMILES string of the molecule is COc1cc(C(=O)N/N=C/c2ccc(OS(=O)(=O)c3ccc(Cl)cc3)cc2)ccc1OCc1ccccc1. The van der Waals surface area contributed by atoms with Gasteiger partial charge in [-0.25, -0.2) is 5.43 Å². The van der Waals surface area contributed by atoms with Crippen molar-refractivity contribution >= 4 is 33.8 Å². The third-order valence-corrected chi connectivity index (χ3v) is 6.74. The molecular weight excluding hydrogens is 528 g/mol. The molecule has 8 nitrogen and oxygen atoms in total. The minimum absolute atomic E-state index is 0.0114. The molecule has 0 saturated heterocycles. The number of nitrogens with one attached hydrogen (secondary N) is 1. The van der Waals surface area contributed by atoms with Crippen LogP contribution in [0.25, 0.3) is 0 Å². The number of nitrogens with zero attached hydrogens (tertiary/aromatic N) is 1. The van der Waals surface area contributed by atoms with Crippen LogP contribution in [0.3, 0.4) is 0 Å². The minimum atomic E-state index is -4.00. The highest BCUT2D eigenvalue weighted by atomic mass is 35.5. The van der Waals surface area contributed by atoms with E-state index in [0.29, 0.717) is 34.3 Å². The molecule has 4 aromatic carbocycles. The molecule has 1 N–H and O–H groups in total. The quantitative estimate of drug-likeness (QED) is 0.160. The summed E-state index contributed by atoms with van der Waals surface area (Å²) in [5.41, 5.74) is 4.41. The molecule has 0 bridgehead atoms. The van der Waals surface area contributed by atoms with E-state index in [1.165, 1.54) is 49.7 Å². The molecule has 10 heteroatoms. The van der Waals surface area contributed by atoms with Crippen LogP contribution in [0, 0.1) is 0 Å². The van der Waals surface area contributed by atoms with E-state index in [1.807, 2.05) is 30.3 Å². The Hall–Kier alpha value is -4.34. The standard InChI is InChI=1S/C28H23ClN2O6S/c1-35-27-17-22(9-16-26(27)36-19-21-5-3-2-4-6-21)28(32)31-30-18-20-7-12-24(13-8-20)37-38(33,34)25-14-10-23(29)11-15-25/h2-18H,19H2,1H3,(H,31,32)/b30-18+. The zero-order valence-corrected chi connectivity index (χ0v) is 21.8. The lowest BCUT2D eigenvalue weighted by molar-refractivity contribution is 0.0954. The first-order valence-corrected chi connectivity index (χ1v) is 13.1. The van der Waals surface area contributed by atoms with Crippen LogP contribution in [-0.2, 0) is 16.7 Å². The van der Waals surface area contributed by atoms with E-state index >= 15 is 0 Å². The van der Waals surface area contributed by atoms with Crippen molar-refractivity contribution in [2.45, 2.75) is 11.5 Å². The van der Waals surface area contributed by atoms with Crippen molar-refractivity contribution < 1.29 is 26.9 Å². The van der Waals surface area contributed by atoms with Crippen LogP contribution in [0.1, 0.15) is 21.5 Å². The van der Waals surface area contributed by atoms with Crippen molar-refractivity contribution in [1.82, 2.24) is 5.43 Å². The number of halogens is 1. The average molecular weight is 551 g/mol. The maximum absolute atomic E-state index is 12.5. The summed E-state index contributed by atoms with van der Waals surface area (Å²) in [6, 6.07) is 26.4. The molecule has 0 aliphatic carbocycles. The van der Waals surface area contributed by atoms with Crippen LogP contribution < -0.4 is 19.1 Å². The van der Waals surface area contributed by atoms with Crippen molar-refractivity contribution in [3.63, 3.8) is 0 Å². The Kier molecular flexibility index (Phi) is 8.62. The van der Waals surface area contributed by atoms with Crippen LogP contribution in [0.15, 0.2) is 107 Å². The lowest BCUT2D eigenvalue weighted by atomic mass is 10.2. The maximum Gasteiger partial charge on any atom is 0.339 e. The number of amides is 1. The smallest absolute Gasteiger partial charge is 0.339 e. The molecular formula is C28H23ClN2O6S. The largest absolute Gasteiger partial charge is 0.493 e. The summed E-state index contributed by atoms with van der Waals surface area (Å²) < 4.78 is 41.1. The highest BCUT2D eigenvalue weighted by molar-refractivity contribution is 7.87. The predicted molar refractivity (Wildman–Crippen MR) is 145 cm³/mol. The Balaban J connectivity index is 1.33. The monoisotopic (exact) mass is 550 g/mol. The first-order chi connectivity index (χ1) is 18.3. The molecule has 4 aromatic rings. The van der Waals surface area contributed by atoms with E-state index in [9.17, 15) is 13.2 Å². The van der Waals surface area contributed by atoms with Gasteiger partial charge in [0.2, 0.25) is 0 Å². The Morgan fingerprint density at radius 1 is 0.921 bits per heavy atom. The highest BCUT2D eigenvalue weighted by Crippen LogP contribution is 2.29. The Morgan fingerprint density at radius 3 is 2.32 bits per heavy atom. The van der Waals surface area contributed by atoms with Gasteiger partial charge in [-0.15, -0.1) is 0 Å². The van der Waals surface area contributed by atoms with Crippen LogP contribution in [0.4, 0.5) is 0 Å². The summed E-state index contributed by atoms with van der Waals surface area (Å²) in [5.74, 6) is 0.615. The number of methoxy groups -OCH3 is 1. The summed E-state index contributed by atoms with van der Waals surface area (Å²) in [5, 5.41) is 4.38. The number of benzene rings is 4. The van der Waals surface area contributed by atoms with Gasteiger partial charge < -0.3 is 13.7 Å². The molecule has 0 aliphatic rings. The zero-order chi connectivity index (χ0) is 27.0. The molecule has 0 unspecified atom stereocenters. The minimum Gasteiger partial charge on any atom is -0.493 e. The fourth-order valence-electron chi connectivity index (χ4n) is 3.28. The van der Waals surface area contributed by atoms with Gasteiger partial charge in [-0.1, -0.05) is 41.9 Å². The van der Waals surface area contributed by atoms with Crippen LogP contribution >= 0.6 is 11.6 Å². The molecule has 0 saturated carbocycles. The van der Waals surface area contributed by atoms with Gasteiger partial charge in [-0.2, -0.15) is 13.5 Å². The normalized spacial score (nSPS) is 11.2. The molecule has 0 aromatic heterocycles. The molecule has 4 rings (SSSR count). The molecule has 0 atom stereocenters. The van der Waals surface area contributed by atoms with Gasteiger partial charge in [-0.3, -0.25) is 4.79 Å². The van der Waals surface area contributed by atoms with Gasteiger partial charge in [0.15, 0.2) is 11.5 Å². The molecule has 38 heavy (non-hydrogen) atoms. The van der Waals surface area contributed by atoms with Gasteiger partial charge in [-0.05, 0) is 77.9 Å².